The first-order chi connectivity index (χ1) is 36.8. The van der Waals surface area contributed by atoms with Crippen molar-refractivity contribution in [2.75, 3.05) is 37.5 Å². The van der Waals surface area contributed by atoms with Crippen molar-refractivity contribution in [3.63, 3.8) is 0 Å². The number of quaternary nitrogens is 3. The number of aliphatic hydroxyl groups excluding tert-OH is 8. The summed E-state index contributed by atoms with van der Waals surface area (Å²) >= 11 is 0. The van der Waals surface area contributed by atoms with Gasteiger partial charge >= 0.3 is 29.9 Å². The third-order valence-electron chi connectivity index (χ3n) is 11.5. The van der Waals surface area contributed by atoms with Gasteiger partial charge in [-0.3, -0.25) is 39.2 Å². The van der Waals surface area contributed by atoms with Gasteiger partial charge < -0.3 is 104 Å². The van der Waals surface area contributed by atoms with Crippen LogP contribution in [0.25, 0.3) is 0 Å². The Labute approximate surface area is 458 Å². The number of carbonyl (C=O) groups excluding carboxylic acids is 4. The van der Waals surface area contributed by atoms with Gasteiger partial charge in [0.1, 0.15) is 54.8 Å². The summed E-state index contributed by atoms with van der Waals surface area (Å²) in [5, 5.41) is 138. The number of hydrogen-bond acceptors (Lipinski definition) is 31. The lowest BCUT2D eigenvalue weighted by atomic mass is 9.96. The van der Waals surface area contributed by atoms with Crippen molar-refractivity contribution in [3.05, 3.63) is 28.3 Å². The van der Waals surface area contributed by atoms with Gasteiger partial charge in [0.2, 0.25) is 30.1 Å². The molecular formula is C38H66N8O32P3+3. The van der Waals surface area contributed by atoms with E-state index in [-0.39, 0.29) is 23.5 Å². The van der Waals surface area contributed by atoms with E-state index in [1.165, 1.54) is 0 Å². The molecule has 0 radical (unpaired) electrons. The molecule has 462 valence electrons. The summed E-state index contributed by atoms with van der Waals surface area (Å²) in [6, 6.07) is -1.99. The van der Waals surface area contributed by atoms with Crippen molar-refractivity contribution < 1.29 is 151 Å². The minimum atomic E-state index is -3.78. The van der Waals surface area contributed by atoms with E-state index in [9.17, 15) is 104 Å². The average molecular weight is 1240 g/mol. The maximum atomic E-state index is 14.5. The Morgan fingerprint density at radius 1 is 0.802 bits per heavy atom. The number of ether oxygens (including phenoxy) is 4. The Morgan fingerprint density at radius 3 is 2.01 bits per heavy atom. The summed E-state index contributed by atoms with van der Waals surface area (Å²) in [5.41, 5.74) is 0.713. The third kappa shape index (κ3) is 19.3. The van der Waals surface area contributed by atoms with Gasteiger partial charge in [0.15, 0.2) is 18.7 Å². The molecule has 4 fully saturated rings. The van der Waals surface area contributed by atoms with Gasteiger partial charge in [-0.2, -0.15) is 19.6 Å². The molecule has 0 spiro atoms. The van der Waals surface area contributed by atoms with Gasteiger partial charge in [-0.05, 0) is 26.2 Å². The number of amides is 4. The highest BCUT2D eigenvalue weighted by molar-refractivity contribution is 7.41. The molecule has 4 saturated heterocycles. The van der Waals surface area contributed by atoms with Crippen LogP contribution in [0.4, 0.5) is 11.4 Å². The van der Waals surface area contributed by atoms with Crippen molar-refractivity contribution in [2.45, 2.75) is 143 Å². The van der Waals surface area contributed by atoms with Crippen molar-refractivity contribution >= 4 is 59.1 Å². The normalized spacial score (nSPS) is 32.8. The molecule has 0 aromatic heterocycles. The van der Waals surface area contributed by atoms with Crippen LogP contribution in [0.1, 0.15) is 26.7 Å². The van der Waals surface area contributed by atoms with Crippen LogP contribution in [-0.2, 0) is 80.9 Å². The first-order valence-electron chi connectivity index (χ1n) is 22.7. The number of hydrazine groups is 1. The van der Waals surface area contributed by atoms with Crippen LogP contribution in [0, 0.1) is 10.1 Å². The van der Waals surface area contributed by atoms with Crippen LogP contribution in [0.3, 0.4) is 0 Å². The zero-order valence-electron chi connectivity index (χ0n) is 43.3. The standard InChI is InChI=1S/C38H54N5O32P3.3H3N/c1-13(47)39-27-32(56)31(55)22(10-46)67-37(27)72-73-38-28(42(41-14(2)48)24(52)12-77(63)74-19-4-3-15(43(59)60)5-16(19)40-23(51)11-76(61)62)34(71-69-25-6-17(49)29(53)20(8-44)65-25)33(57)35(68-38)36(58)78(64)75-70-26-7-18(50)30(54)21(9-45)66-26;;;/h3-5,17-18,20-22,25-38,45-46,50,54-58H,6-12H2,1-2H3,(H,39,47)(H,40,51)(H,41,48)(H,61,62);3*1H3/p+3/t17-,18-,20-,21-,22-,25-,26-,27?,28?,29+,30+,31-,32-,33+,34-,35+,36?,37-,38+;;;/m1.../s1. The fourth-order valence-electron chi connectivity index (χ4n) is 7.75. The molecular weight excluding hydrogens is 1170 g/mol. The van der Waals surface area contributed by atoms with Crippen molar-refractivity contribution in [2.24, 2.45) is 0 Å². The van der Waals surface area contributed by atoms with Crippen LogP contribution in [0.5, 0.6) is 5.75 Å². The number of nitrogens with one attached hydrogen (secondary N) is 3. The van der Waals surface area contributed by atoms with Gasteiger partial charge in [0.05, 0.1) is 29.9 Å². The first kappa shape index (κ1) is 72.7. The molecule has 1 aromatic rings. The zero-order valence-corrected chi connectivity index (χ0v) is 46.0. The SMILES string of the molecule is CC(=O)NC1[C@@H](OO[C@@H]2O[C@H](C(O)[P+](=O)OO[C@@H]3C[C@@H](O)[C@H](O)[C@@H](CO)O3)[C@@H](O)[C@H](OO[C@@H]3C[C@@H]([O-])[C@H]([O-])[C@@H](C[O-])O3)C2N(NC(C)=O)C(=O)C[P+](=O)Oc2ccc([N+](=O)[O-])cc2NC(=O)C[P+](=O)O)O[C@H](CO)[C@@H](O)[C@@H]1O.[NH4+].[NH4+].[NH4+]. The number of benzene rings is 1. The minimum absolute atomic E-state index is 0. The summed E-state index contributed by atoms with van der Waals surface area (Å²) in [5.74, 6) is -8.22. The average Bonchev–Trinajstić information content (AvgIpc) is 3.37. The number of nitro groups is 1. The second-order valence-electron chi connectivity index (χ2n) is 17.2. The summed E-state index contributed by atoms with van der Waals surface area (Å²) in [4.78, 5) is 98.4. The van der Waals surface area contributed by atoms with Crippen molar-refractivity contribution in [1.82, 2.24) is 34.2 Å². The Morgan fingerprint density at radius 2 is 1.42 bits per heavy atom. The van der Waals surface area contributed by atoms with E-state index in [0.717, 1.165) is 26.0 Å². The van der Waals surface area contributed by atoms with Crippen molar-refractivity contribution in [3.8, 4) is 5.75 Å². The van der Waals surface area contributed by atoms with Gasteiger partial charge in [0, 0.05) is 43.2 Å². The highest BCUT2D eigenvalue weighted by Gasteiger charge is 2.60. The van der Waals surface area contributed by atoms with E-state index in [4.69, 9.17) is 52.6 Å². The number of aliphatic hydroxyl groups is 8. The predicted molar refractivity (Wildman–Crippen MR) is 254 cm³/mol. The number of non-ortho nitro benzene ring substituents is 1. The number of nitrogens with zero attached hydrogens (tertiary/aromatic N) is 2. The zero-order chi connectivity index (χ0) is 57.9. The molecule has 4 heterocycles. The van der Waals surface area contributed by atoms with Gasteiger partial charge in [-0.1, -0.05) is 0 Å². The Bertz CT molecular complexity index is 2310. The summed E-state index contributed by atoms with van der Waals surface area (Å²) in [6.45, 7) is -1.46. The number of hydrogen-bond donors (Lipinski definition) is 15. The maximum Gasteiger partial charge on any atom is 0.574 e. The summed E-state index contributed by atoms with van der Waals surface area (Å²) in [6.07, 6.45) is -36.4. The van der Waals surface area contributed by atoms with Crippen LogP contribution in [0.2, 0.25) is 0 Å². The number of nitro benzene ring substituents is 1. The molecule has 4 aliphatic heterocycles. The number of rotatable bonds is 24. The molecule has 43 heteroatoms. The quantitative estimate of drug-likeness (QED) is 0.0198. The van der Waals surface area contributed by atoms with Crippen LogP contribution in [0.15, 0.2) is 18.2 Å². The Hall–Kier alpha value is -4.40. The molecule has 24 N–H and O–H groups in total. The molecule has 1 aromatic carbocycles. The molecule has 0 bridgehead atoms. The highest BCUT2D eigenvalue weighted by Crippen LogP contribution is 2.41. The Balaban J connectivity index is 0.00000747. The lowest BCUT2D eigenvalue weighted by Crippen LogP contribution is -2.71. The van der Waals surface area contributed by atoms with Crippen LogP contribution >= 0.6 is 24.1 Å². The summed E-state index contributed by atoms with van der Waals surface area (Å²) < 4.78 is 70.5. The molecule has 22 atom stereocenters. The molecule has 6 unspecified atom stereocenters. The summed E-state index contributed by atoms with van der Waals surface area (Å²) in [7, 11) is -10.4. The molecule has 4 aliphatic rings. The topological polar surface area (TPSA) is 664 Å². The van der Waals surface area contributed by atoms with Gasteiger partial charge in [-0.25, -0.2) is 14.8 Å². The highest BCUT2D eigenvalue weighted by atomic mass is 31.1. The lowest BCUT2D eigenvalue weighted by Gasteiger charge is -2.51. The smallest absolute Gasteiger partial charge is 0.574 e. The fourth-order valence-corrected chi connectivity index (χ4v) is 9.65. The lowest BCUT2D eigenvalue weighted by molar-refractivity contribution is -0.579. The van der Waals surface area contributed by atoms with Gasteiger partial charge in [0.25, 0.3) is 29.8 Å². The minimum Gasteiger partial charge on any atom is -0.853 e. The fraction of sp³-hybridized carbons (Fsp3) is 0.737. The largest absolute Gasteiger partial charge is 0.853 e. The third-order valence-corrected chi connectivity index (χ3v) is 13.9. The van der Waals surface area contributed by atoms with Gasteiger partial charge in [-0.15, -0.1) is 18.8 Å². The molecule has 0 aliphatic carbocycles. The van der Waals surface area contributed by atoms with E-state index in [0.29, 0.717) is 6.07 Å². The van der Waals surface area contributed by atoms with E-state index < -0.39 is 231 Å². The van der Waals surface area contributed by atoms with Crippen molar-refractivity contribution in [1.29, 1.82) is 0 Å². The van der Waals surface area contributed by atoms with E-state index in [2.05, 4.69) is 10.6 Å². The second kappa shape index (κ2) is 33.2. The number of carbonyl (C=O) groups is 4. The molecule has 40 nitrogen and oxygen atoms in total. The van der Waals surface area contributed by atoms with Crippen LogP contribution < -0.4 is 54.4 Å². The van der Waals surface area contributed by atoms with E-state index in [1.54, 1.807) is 0 Å². The monoisotopic (exact) mass is 1240 g/mol. The first-order valence-corrected chi connectivity index (χ1v) is 26.8. The molecule has 0 saturated carbocycles. The second-order valence-corrected chi connectivity index (χ2v) is 20.6. The van der Waals surface area contributed by atoms with E-state index in [1.807, 2.05) is 5.43 Å². The predicted octanol–water partition coefficient (Wildman–Crippen LogP) is -7.17. The molecule has 81 heavy (non-hydrogen) atoms. The Kier molecular flexibility index (Phi) is 29.8. The van der Waals surface area contributed by atoms with E-state index >= 15 is 0 Å². The van der Waals surface area contributed by atoms with Crippen LogP contribution in [-0.4, -0.2) is 228 Å². The molecule has 4 amide bonds. The number of anilines is 1. The maximum absolute atomic E-state index is 14.5. The molecule has 5 rings (SSSR count).